The number of nitrogens with one attached hydrogen (secondary N) is 2. The van der Waals surface area contributed by atoms with Crippen molar-refractivity contribution < 1.29 is 46.7 Å². The number of thioether (sulfide) groups is 1. The van der Waals surface area contributed by atoms with Crippen molar-refractivity contribution in [2.24, 2.45) is 5.73 Å². The number of nitrogens with zero attached hydrogens (tertiary/aromatic N) is 2. The monoisotopic (exact) mass is 497 g/mol. The average molecular weight is 497 g/mol. The number of aromatic nitrogens is 2. The Morgan fingerprint density at radius 3 is 2.45 bits per heavy atom. The fourth-order valence-electron chi connectivity index (χ4n) is 2.01. The van der Waals surface area contributed by atoms with Crippen LogP contribution < -0.4 is 16.4 Å². The van der Waals surface area contributed by atoms with E-state index in [0.717, 1.165) is 11.8 Å². The maximum absolute atomic E-state index is 11.9. The summed E-state index contributed by atoms with van der Waals surface area (Å²) in [5, 5.41) is 4.85. The van der Waals surface area contributed by atoms with Gasteiger partial charge in [0.15, 0.2) is 5.69 Å². The van der Waals surface area contributed by atoms with Crippen LogP contribution >= 0.6 is 35.0 Å². The Morgan fingerprint density at radius 2 is 1.93 bits per heavy atom. The lowest BCUT2D eigenvalue weighted by Gasteiger charge is -2.18. The minimum Gasteiger partial charge on any atom is -0.373 e. The van der Waals surface area contributed by atoms with Gasteiger partial charge in [0.1, 0.15) is 5.82 Å². The second-order valence-electron chi connectivity index (χ2n) is 5.42. The molecule has 8 N–H and O–H groups in total. The van der Waals surface area contributed by atoms with Gasteiger partial charge in [-0.25, -0.2) is 18.4 Å². The Labute approximate surface area is 169 Å². The highest BCUT2D eigenvalue weighted by Crippen LogP contribution is 2.66. The molecule has 0 aromatic carbocycles. The first kappa shape index (κ1) is 26.3. The van der Waals surface area contributed by atoms with Crippen LogP contribution in [-0.2, 0) is 28.9 Å². The molecular weight excluding hydrogens is 475 g/mol. The molecule has 0 saturated carbocycles. The number of nitrogens with two attached hydrogens (primary N) is 1. The first-order valence-electron chi connectivity index (χ1n) is 7.65. The number of hydrogen-bond donors (Lipinski definition) is 7. The molecular formula is C10H22N5O10P3S. The van der Waals surface area contributed by atoms with Crippen LogP contribution in [0.2, 0.25) is 0 Å². The molecule has 0 aliphatic rings. The zero-order valence-electron chi connectivity index (χ0n) is 15.2. The van der Waals surface area contributed by atoms with Crippen LogP contribution in [-0.4, -0.2) is 59.5 Å². The molecule has 29 heavy (non-hydrogen) atoms. The molecule has 1 heterocycles. The molecule has 3 atom stereocenters. The summed E-state index contributed by atoms with van der Waals surface area (Å²) in [5.41, 5.74) is 4.69. The van der Waals surface area contributed by atoms with Gasteiger partial charge in [0, 0.05) is 18.8 Å². The summed E-state index contributed by atoms with van der Waals surface area (Å²) in [6.07, 6.45) is 1.37. The minimum atomic E-state index is -5.46. The summed E-state index contributed by atoms with van der Waals surface area (Å²) in [7, 11) is -14.0. The zero-order chi connectivity index (χ0) is 22.5. The maximum Gasteiger partial charge on any atom is 0.488 e. The SMILES string of the molecule is CNc1c(C(=O)NCN)ncn1CC(C)SCP(=O)(O)OP(=O)(O)OP(=O)(O)O. The summed E-state index contributed by atoms with van der Waals surface area (Å²) < 4.78 is 42.9. The predicted molar refractivity (Wildman–Crippen MR) is 104 cm³/mol. The number of carbonyl (C=O) groups is 1. The molecule has 0 saturated heterocycles. The van der Waals surface area contributed by atoms with Gasteiger partial charge in [0.05, 0.1) is 18.5 Å². The fourth-order valence-corrected chi connectivity index (χ4v) is 7.41. The molecule has 0 aliphatic heterocycles. The van der Waals surface area contributed by atoms with E-state index in [1.165, 1.54) is 6.33 Å². The van der Waals surface area contributed by atoms with Crippen LogP contribution in [0.5, 0.6) is 0 Å². The molecule has 168 valence electrons. The van der Waals surface area contributed by atoms with Gasteiger partial charge >= 0.3 is 23.2 Å². The van der Waals surface area contributed by atoms with E-state index in [9.17, 15) is 23.4 Å². The van der Waals surface area contributed by atoms with Crippen LogP contribution in [0, 0.1) is 0 Å². The van der Waals surface area contributed by atoms with Crippen molar-refractivity contribution >= 4 is 46.7 Å². The third kappa shape index (κ3) is 9.28. The first-order valence-corrected chi connectivity index (χ1v) is 13.5. The lowest BCUT2D eigenvalue weighted by Crippen LogP contribution is -2.30. The van der Waals surface area contributed by atoms with Crippen molar-refractivity contribution in [3.05, 3.63) is 12.0 Å². The van der Waals surface area contributed by atoms with Gasteiger partial charge in [-0.2, -0.15) is 4.31 Å². The van der Waals surface area contributed by atoms with Crippen molar-refractivity contribution in [2.45, 2.75) is 18.7 Å². The molecule has 0 aliphatic carbocycles. The standard InChI is InChI=1S/C10H22N5O10P3S/c1-7(3-15-5-14-8(9(15)12-2)10(16)13-4-11)29-6-26(17,18)24-28(22,23)25-27(19,20)21/h5,7,12H,3-4,6,11H2,1-2H3,(H,13,16)(H,17,18)(H,22,23)(H2,19,20,21). The second-order valence-corrected chi connectivity index (χ2v) is 12.1. The molecule has 0 radical (unpaired) electrons. The summed E-state index contributed by atoms with van der Waals surface area (Å²) in [4.78, 5) is 51.7. The lowest BCUT2D eigenvalue weighted by molar-refractivity contribution is 0.0951. The van der Waals surface area contributed by atoms with Crippen LogP contribution in [0.3, 0.4) is 0 Å². The van der Waals surface area contributed by atoms with E-state index in [4.69, 9.17) is 20.4 Å². The summed E-state index contributed by atoms with van der Waals surface area (Å²) in [6, 6.07) is 0. The van der Waals surface area contributed by atoms with E-state index < -0.39 is 34.6 Å². The van der Waals surface area contributed by atoms with Crippen molar-refractivity contribution in [2.75, 3.05) is 24.5 Å². The molecule has 1 aromatic heterocycles. The van der Waals surface area contributed by atoms with Crippen LogP contribution in [0.25, 0.3) is 0 Å². The Morgan fingerprint density at radius 1 is 1.31 bits per heavy atom. The molecule has 0 spiro atoms. The van der Waals surface area contributed by atoms with E-state index >= 15 is 0 Å². The van der Waals surface area contributed by atoms with Gasteiger partial charge in [-0.3, -0.25) is 9.36 Å². The van der Waals surface area contributed by atoms with Gasteiger partial charge in [0.25, 0.3) is 5.91 Å². The number of rotatable bonds is 12. The van der Waals surface area contributed by atoms with E-state index in [1.54, 1.807) is 18.5 Å². The molecule has 19 heteroatoms. The van der Waals surface area contributed by atoms with E-state index in [-0.39, 0.29) is 24.2 Å². The van der Waals surface area contributed by atoms with Gasteiger partial charge < -0.3 is 40.5 Å². The molecule has 15 nitrogen and oxygen atoms in total. The Kier molecular flexibility index (Phi) is 9.52. The summed E-state index contributed by atoms with van der Waals surface area (Å²) in [5.74, 6) is -0.116. The lowest BCUT2D eigenvalue weighted by atomic mass is 10.4. The van der Waals surface area contributed by atoms with Crippen molar-refractivity contribution in [1.82, 2.24) is 14.9 Å². The molecule has 3 unspecified atom stereocenters. The molecule has 0 fully saturated rings. The first-order chi connectivity index (χ1) is 13.2. The number of anilines is 1. The van der Waals surface area contributed by atoms with Gasteiger partial charge in [-0.15, -0.1) is 11.8 Å². The number of phosphoric acid groups is 2. The molecule has 1 rings (SSSR count). The second kappa shape index (κ2) is 10.5. The number of carbonyl (C=O) groups excluding carboxylic acids is 1. The van der Waals surface area contributed by atoms with E-state index in [1.807, 2.05) is 0 Å². The largest absolute Gasteiger partial charge is 0.488 e. The van der Waals surface area contributed by atoms with Crippen LogP contribution in [0.1, 0.15) is 17.4 Å². The number of amides is 1. The Hall–Kier alpha value is -0.760. The van der Waals surface area contributed by atoms with Crippen molar-refractivity contribution in [1.29, 1.82) is 0 Å². The zero-order valence-corrected chi connectivity index (χ0v) is 18.7. The highest BCUT2D eigenvalue weighted by atomic mass is 32.2. The quantitative estimate of drug-likeness (QED) is 0.149. The van der Waals surface area contributed by atoms with Crippen molar-refractivity contribution in [3.8, 4) is 0 Å². The highest BCUT2D eigenvalue weighted by molar-refractivity contribution is 8.05. The maximum atomic E-state index is 11.9. The molecule has 1 amide bonds. The highest BCUT2D eigenvalue weighted by Gasteiger charge is 2.39. The number of imidazole rings is 1. The Bertz CT molecular complexity index is 859. The van der Waals surface area contributed by atoms with Crippen LogP contribution in [0.15, 0.2) is 6.33 Å². The third-order valence-corrected chi connectivity index (χ3v) is 9.11. The third-order valence-electron chi connectivity index (χ3n) is 2.97. The van der Waals surface area contributed by atoms with Crippen LogP contribution in [0.4, 0.5) is 5.82 Å². The molecule has 0 bridgehead atoms. The van der Waals surface area contributed by atoms with Crippen molar-refractivity contribution in [3.63, 3.8) is 0 Å². The summed E-state index contributed by atoms with van der Waals surface area (Å²) in [6.45, 7) is 1.81. The van der Waals surface area contributed by atoms with E-state index in [0.29, 0.717) is 5.82 Å². The van der Waals surface area contributed by atoms with E-state index in [2.05, 4.69) is 24.2 Å². The van der Waals surface area contributed by atoms with Gasteiger partial charge in [-0.05, 0) is 0 Å². The molecule has 1 aromatic rings. The fraction of sp³-hybridized carbons (Fsp3) is 0.600. The average Bonchev–Trinajstić information content (AvgIpc) is 2.92. The smallest absolute Gasteiger partial charge is 0.373 e. The summed E-state index contributed by atoms with van der Waals surface area (Å²) >= 11 is 0.867. The topological polar surface area (TPSA) is 236 Å². The Balaban J connectivity index is 2.72. The normalized spacial score (nSPS) is 17.2. The predicted octanol–water partition coefficient (Wildman–Crippen LogP) is 0.0617. The van der Waals surface area contributed by atoms with Gasteiger partial charge in [0.2, 0.25) is 0 Å². The number of hydrogen-bond acceptors (Lipinski definition) is 10. The van der Waals surface area contributed by atoms with Gasteiger partial charge in [-0.1, -0.05) is 6.92 Å². The minimum absolute atomic E-state index is 0.0761.